The summed E-state index contributed by atoms with van der Waals surface area (Å²) in [7, 11) is -3.60. The van der Waals surface area contributed by atoms with Gasteiger partial charge >= 0.3 is 0 Å². The highest BCUT2D eigenvalue weighted by Gasteiger charge is 2.18. The summed E-state index contributed by atoms with van der Waals surface area (Å²) in [6, 6.07) is 6.78. The van der Waals surface area contributed by atoms with E-state index in [4.69, 9.17) is 0 Å². The van der Waals surface area contributed by atoms with E-state index in [1.807, 2.05) is 6.92 Å². The summed E-state index contributed by atoms with van der Waals surface area (Å²) in [6.07, 6.45) is 1.55. The van der Waals surface area contributed by atoms with Crippen LogP contribution in [0.3, 0.4) is 0 Å². The zero-order valence-electron chi connectivity index (χ0n) is 9.75. The fourth-order valence-electron chi connectivity index (χ4n) is 1.48. The molecule has 0 bridgehead atoms. The largest absolute Gasteiger partial charge is 0.384 e. The first-order valence-corrected chi connectivity index (χ1v) is 7.75. The van der Waals surface area contributed by atoms with E-state index in [0.29, 0.717) is 17.4 Å². The van der Waals surface area contributed by atoms with Crippen LogP contribution in [-0.4, -0.2) is 19.9 Å². The third-order valence-corrected chi connectivity index (χ3v) is 4.41. The Kier molecular flexibility index (Phi) is 3.83. The van der Waals surface area contributed by atoms with E-state index in [1.165, 1.54) is 11.3 Å². The molecule has 1 heterocycles. The molecule has 96 valence electrons. The number of hydrogen-bond donors (Lipinski definition) is 2. The lowest BCUT2D eigenvalue weighted by atomic mass is 10.3. The molecule has 0 aliphatic carbocycles. The number of aromatic nitrogens is 1. The van der Waals surface area contributed by atoms with E-state index < -0.39 is 10.0 Å². The zero-order chi connectivity index (χ0) is 13.0. The molecular formula is C11H13N3O2S2. The number of thiazole rings is 1. The quantitative estimate of drug-likeness (QED) is 0.883. The molecule has 7 heteroatoms. The molecule has 0 fully saturated rings. The standard InChI is InChI=1S/C11H13N3O2S2/c1-2-12-9-5-3-4-6-10(9)18(15,16)14-11-13-7-8-17-11/h3-8,12H,2H2,1H3,(H,13,14). The van der Waals surface area contributed by atoms with E-state index in [2.05, 4.69) is 15.0 Å². The topological polar surface area (TPSA) is 71.1 Å². The van der Waals surface area contributed by atoms with Crippen molar-refractivity contribution < 1.29 is 8.42 Å². The minimum atomic E-state index is -3.60. The zero-order valence-corrected chi connectivity index (χ0v) is 11.4. The van der Waals surface area contributed by atoms with Crippen molar-refractivity contribution in [3.8, 4) is 0 Å². The molecule has 0 aliphatic heterocycles. The van der Waals surface area contributed by atoms with Crippen LogP contribution in [0.5, 0.6) is 0 Å². The molecule has 2 rings (SSSR count). The minimum Gasteiger partial charge on any atom is -0.384 e. The number of nitrogens with one attached hydrogen (secondary N) is 2. The maximum Gasteiger partial charge on any atom is 0.265 e. The van der Waals surface area contributed by atoms with Crippen LogP contribution in [0.2, 0.25) is 0 Å². The highest BCUT2D eigenvalue weighted by atomic mass is 32.2. The van der Waals surface area contributed by atoms with Crippen LogP contribution in [0.1, 0.15) is 6.92 Å². The lowest BCUT2D eigenvalue weighted by molar-refractivity contribution is 0.601. The molecule has 0 unspecified atom stereocenters. The van der Waals surface area contributed by atoms with E-state index in [9.17, 15) is 8.42 Å². The fraction of sp³-hybridized carbons (Fsp3) is 0.182. The second-order valence-electron chi connectivity index (χ2n) is 3.47. The summed E-state index contributed by atoms with van der Waals surface area (Å²) < 4.78 is 26.9. The van der Waals surface area contributed by atoms with Gasteiger partial charge in [-0.25, -0.2) is 13.4 Å². The lowest BCUT2D eigenvalue weighted by Crippen LogP contribution is -2.15. The number of sulfonamides is 1. The Hall–Kier alpha value is -1.60. The van der Waals surface area contributed by atoms with E-state index in [1.54, 1.807) is 35.8 Å². The van der Waals surface area contributed by atoms with Gasteiger partial charge in [-0.05, 0) is 19.1 Å². The number of nitrogens with zero attached hydrogens (tertiary/aromatic N) is 1. The Bertz CT molecular complexity index is 609. The molecule has 1 aromatic carbocycles. The Morgan fingerprint density at radius 2 is 2.11 bits per heavy atom. The molecule has 0 atom stereocenters. The van der Waals surface area contributed by atoms with Gasteiger partial charge < -0.3 is 5.32 Å². The van der Waals surface area contributed by atoms with Crippen molar-refractivity contribution in [2.45, 2.75) is 11.8 Å². The maximum atomic E-state index is 12.2. The molecule has 2 N–H and O–H groups in total. The van der Waals surface area contributed by atoms with Gasteiger partial charge in [0.05, 0.1) is 5.69 Å². The highest BCUT2D eigenvalue weighted by molar-refractivity contribution is 7.93. The second-order valence-corrected chi connectivity index (χ2v) is 6.01. The first kappa shape index (κ1) is 12.8. The Morgan fingerprint density at radius 1 is 1.33 bits per heavy atom. The highest BCUT2D eigenvalue weighted by Crippen LogP contribution is 2.24. The first-order valence-electron chi connectivity index (χ1n) is 5.38. The van der Waals surface area contributed by atoms with Gasteiger partial charge in [0.2, 0.25) is 0 Å². The average molecular weight is 283 g/mol. The fourth-order valence-corrected chi connectivity index (χ4v) is 3.46. The first-order chi connectivity index (χ1) is 8.63. The number of anilines is 2. The van der Waals surface area contributed by atoms with Gasteiger partial charge in [-0.2, -0.15) is 0 Å². The Labute approximate surface area is 110 Å². The van der Waals surface area contributed by atoms with Crippen molar-refractivity contribution in [1.29, 1.82) is 0 Å². The van der Waals surface area contributed by atoms with Crippen molar-refractivity contribution in [2.24, 2.45) is 0 Å². The molecule has 2 aromatic rings. The SMILES string of the molecule is CCNc1ccccc1S(=O)(=O)Nc1nccs1. The molecular weight excluding hydrogens is 270 g/mol. The van der Waals surface area contributed by atoms with Gasteiger partial charge in [-0.15, -0.1) is 11.3 Å². The number of para-hydroxylation sites is 1. The summed E-state index contributed by atoms with van der Waals surface area (Å²) in [5.41, 5.74) is 0.587. The second kappa shape index (κ2) is 5.36. The summed E-state index contributed by atoms with van der Waals surface area (Å²) in [5, 5.41) is 5.10. The third kappa shape index (κ3) is 2.80. The van der Waals surface area contributed by atoms with Crippen molar-refractivity contribution in [3.63, 3.8) is 0 Å². The maximum absolute atomic E-state index is 12.2. The smallest absolute Gasteiger partial charge is 0.265 e. The van der Waals surface area contributed by atoms with Crippen LogP contribution in [0.15, 0.2) is 40.7 Å². The molecule has 18 heavy (non-hydrogen) atoms. The third-order valence-electron chi connectivity index (χ3n) is 2.20. The van der Waals surface area contributed by atoms with Crippen molar-refractivity contribution >= 4 is 32.2 Å². The summed E-state index contributed by atoms with van der Waals surface area (Å²) in [6.45, 7) is 2.57. The molecule has 1 aromatic heterocycles. The number of hydrogen-bond acceptors (Lipinski definition) is 5. The summed E-state index contributed by atoms with van der Waals surface area (Å²) in [5.74, 6) is 0. The lowest BCUT2D eigenvalue weighted by Gasteiger charge is -2.11. The van der Waals surface area contributed by atoms with Gasteiger partial charge in [0, 0.05) is 18.1 Å². The van der Waals surface area contributed by atoms with Crippen LogP contribution in [-0.2, 0) is 10.0 Å². The summed E-state index contributed by atoms with van der Waals surface area (Å²) >= 11 is 1.24. The van der Waals surface area contributed by atoms with Gasteiger partial charge in [0.1, 0.15) is 4.90 Å². The van der Waals surface area contributed by atoms with Crippen LogP contribution < -0.4 is 10.0 Å². The molecule has 0 saturated carbocycles. The van der Waals surface area contributed by atoms with Gasteiger partial charge in [-0.1, -0.05) is 12.1 Å². The average Bonchev–Trinajstić information content (AvgIpc) is 2.82. The number of rotatable bonds is 5. The molecule has 0 spiro atoms. The summed E-state index contributed by atoms with van der Waals surface area (Å²) in [4.78, 5) is 4.13. The van der Waals surface area contributed by atoms with E-state index >= 15 is 0 Å². The van der Waals surface area contributed by atoms with E-state index in [-0.39, 0.29) is 4.90 Å². The van der Waals surface area contributed by atoms with Crippen LogP contribution in [0.25, 0.3) is 0 Å². The van der Waals surface area contributed by atoms with E-state index in [0.717, 1.165) is 0 Å². The molecule has 5 nitrogen and oxygen atoms in total. The normalized spacial score (nSPS) is 11.2. The molecule has 0 aliphatic rings. The van der Waals surface area contributed by atoms with Gasteiger partial charge in [0.15, 0.2) is 5.13 Å². The van der Waals surface area contributed by atoms with Crippen LogP contribution >= 0.6 is 11.3 Å². The van der Waals surface area contributed by atoms with Crippen molar-refractivity contribution in [1.82, 2.24) is 4.98 Å². The molecule has 0 radical (unpaired) electrons. The van der Waals surface area contributed by atoms with Crippen molar-refractivity contribution in [2.75, 3.05) is 16.6 Å². The van der Waals surface area contributed by atoms with Crippen LogP contribution in [0.4, 0.5) is 10.8 Å². The van der Waals surface area contributed by atoms with Gasteiger partial charge in [0.25, 0.3) is 10.0 Å². The Morgan fingerprint density at radius 3 is 2.78 bits per heavy atom. The number of benzene rings is 1. The predicted octanol–water partition coefficient (Wildman–Crippen LogP) is 2.38. The minimum absolute atomic E-state index is 0.224. The van der Waals surface area contributed by atoms with Crippen molar-refractivity contribution in [3.05, 3.63) is 35.8 Å². The monoisotopic (exact) mass is 283 g/mol. The van der Waals surface area contributed by atoms with Crippen LogP contribution in [0, 0.1) is 0 Å². The molecule has 0 saturated heterocycles. The van der Waals surface area contributed by atoms with Gasteiger partial charge in [-0.3, -0.25) is 4.72 Å². The molecule has 0 amide bonds. The predicted molar refractivity (Wildman–Crippen MR) is 73.5 cm³/mol. The Balaban J connectivity index is 2.35.